The number of nitrogens with zero attached hydrogens (tertiary/aromatic N) is 1. The minimum absolute atomic E-state index is 0.231. The summed E-state index contributed by atoms with van der Waals surface area (Å²) in [6.45, 7) is -1.92. The van der Waals surface area contributed by atoms with Gasteiger partial charge in [0.05, 0.1) is 0 Å². The van der Waals surface area contributed by atoms with Crippen molar-refractivity contribution >= 4 is 11.7 Å². The normalized spacial score (nSPS) is 11.1. The number of ether oxygens (including phenoxy) is 1. The molecule has 0 aromatic heterocycles. The van der Waals surface area contributed by atoms with E-state index in [2.05, 4.69) is 0 Å². The van der Waals surface area contributed by atoms with Crippen LogP contribution < -0.4 is 4.74 Å². The SMILES string of the molecule is CN(CC(F)(F)F)C(=O)COc1ccc(C(=O)c2ccc(F)cc2)cc1. The topological polar surface area (TPSA) is 46.6 Å². The number of carbonyl (C=O) groups is 2. The number of hydrogen-bond donors (Lipinski definition) is 0. The van der Waals surface area contributed by atoms with Crippen molar-refractivity contribution in [1.82, 2.24) is 4.90 Å². The molecule has 0 saturated heterocycles. The molecule has 2 aromatic rings. The Labute approximate surface area is 147 Å². The van der Waals surface area contributed by atoms with Crippen LogP contribution in [0.4, 0.5) is 17.6 Å². The maximum atomic E-state index is 12.9. The van der Waals surface area contributed by atoms with Gasteiger partial charge in [-0.3, -0.25) is 9.59 Å². The van der Waals surface area contributed by atoms with E-state index in [1.165, 1.54) is 48.5 Å². The molecule has 0 heterocycles. The molecule has 0 fully saturated rings. The Bertz CT molecular complexity index is 771. The zero-order valence-electron chi connectivity index (χ0n) is 13.7. The maximum absolute atomic E-state index is 12.9. The largest absolute Gasteiger partial charge is 0.484 e. The van der Waals surface area contributed by atoms with Crippen LogP contribution in [0.15, 0.2) is 48.5 Å². The van der Waals surface area contributed by atoms with Crippen LogP contribution >= 0.6 is 0 Å². The molecule has 0 bridgehead atoms. The van der Waals surface area contributed by atoms with E-state index in [1.54, 1.807) is 0 Å². The van der Waals surface area contributed by atoms with Gasteiger partial charge in [0.2, 0.25) is 0 Å². The van der Waals surface area contributed by atoms with Crippen LogP contribution in [0.25, 0.3) is 0 Å². The van der Waals surface area contributed by atoms with Gasteiger partial charge in [-0.25, -0.2) is 4.39 Å². The van der Waals surface area contributed by atoms with Crippen molar-refractivity contribution in [3.8, 4) is 5.75 Å². The fourth-order valence-corrected chi connectivity index (χ4v) is 2.08. The number of alkyl halides is 3. The van der Waals surface area contributed by atoms with Crippen LogP contribution in [0.2, 0.25) is 0 Å². The lowest BCUT2D eigenvalue weighted by atomic mass is 10.0. The number of carbonyl (C=O) groups excluding carboxylic acids is 2. The standard InChI is InChI=1S/C18H15F4NO3/c1-23(11-18(20,21)22)16(24)10-26-15-8-4-13(5-9-15)17(25)12-2-6-14(19)7-3-12/h2-9H,10-11H2,1H3. The molecule has 4 nitrogen and oxygen atoms in total. The van der Waals surface area contributed by atoms with E-state index in [0.717, 1.165) is 7.05 Å². The third kappa shape index (κ3) is 5.58. The predicted molar refractivity (Wildman–Crippen MR) is 85.5 cm³/mol. The number of likely N-dealkylation sites (N-methyl/N-ethyl adjacent to an activating group) is 1. The molecular formula is C18H15F4NO3. The summed E-state index contributed by atoms with van der Waals surface area (Å²) < 4.78 is 54.7. The number of ketones is 1. The molecular weight excluding hydrogens is 354 g/mol. The summed E-state index contributed by atoms with van der Waals surface area (Å²) in [7, 11) is 1.03. The fourth-order valence-electron chi connectivity index (χ4n) is 2.08. The Morgan fingerprint density at radius 2 is 1.46 bits per heavy atom. The Hall–Kier alpha value is -2.90. The number of hydrogen-bond acceptors (Lipinski definition) is 3. The number of halogens is 4. The molecule has 0 radical (unpaired) electrons. The summed E-state index contributed by atoms with van der Waals surface area (Å²) in [6, 6.07) is 10.8. The summed E-state index contributed by atoms with van der Waals surface area (Å²) in [5, 5.41) is 0. The summed E-state index contributed by atoms with van der Waals surface area (Å²) in [5.41, 5.74) is 0.633. The molecule has 0 N–H and O–H groups in total. The molecule has 0 aliphatic heterocycles. The van der Waals surface area contributed by atoms with E-state index >= 15 is 0 Å². The van der Waals surface area contributed by atoms with Crippen molar-refractivity contribution in [3.05, 3.63) is 65.5 Å². The summed E-state index contributed by atoms with van der Waals surface area (Å²) >= 11 is 0. The van der Waals surface area contributed by atoms with Gasteiger partial charge in [0.25, 0.3) is 5.91 Å². The van der Waals surface area contributed by atoms with Gasteiger partial charge in [-0.15, -0.1) is 0 Å². The minimum Gasteiger partial charge on any atom is -0.484 e. The lowest BCUT2D eigenvalue weighted by molar-refractivity contribution is -0.159. The highest BCUT2D eigenvalue weighted by Gasteiger charge is 2.31. The van der Waals surface area contributed by atoms with Crippen molar-refractivity contribution in [2.75, 3.05) is 20.2 Å². The Morgan fingerprint density at radius 1 is 0.962 bits per heavy atom. The molecule has 0 spiro atoms. The summed E-state index contributed by atoms with van der Waals surface area (Å²) in [4.78, 5) is 24.3. The van der Waals surface area contributed by atoms with E-state index in [0.29, 0.717) is 16.0 Å². The van der Waals surface area contributed by atoms with E-state index in [4.69, 9.17) is 4.74 Å². The lowest BCUT2D eigenvalue weighted by Crippen LogP contribution is -2.38. The van der Waals surface area contributed by atoms with E-state index < -0.39 is 31.1 Å². The third-order valence-electron chi connectivity index (χ3n) is 3.43. The number of rotatable bonds is 6. The Morgan fingerprint density at radius 3 is 1.96 bits per heavy atom. The van der Waals surface area contributed by atoms with Crippen LogP contribution in [0.5, 0.6) is 5.75 Å². The second kappa shape index (κ2) is 7.99. The molecule has 1 amide bonds. The number of amides is 1. The molecule has 138 valence electrons. The fraction of sp³-hybridized carbons (Fsp3) is 0.222. The van der Waals surface area contributed by atoms with Crippen molar-refractivity contribution < 1.29 is 31.9 Å². The first-order valence-electron chi connectivity index (χ1n) is 7.49. The molecule has 0 unspecified atom stereocenters. The van der Waals surface area contributed by atoms with Gasteiger partial charge in [-0.1, -0.05) is 0 Å². The molecule has 2 rings (SSSR count). The highest BCUT2D eigenvalue weighted by atomic mass is 19.4. The van der Waals surface area contributed by atoms with Gasteiger partial charge in [-0.2, -0.15) is 13.2 Å². The smallest absolute Gasteiger partial charge is 0.406 e. The highest BCUT2D eigenvalue weighted by molar-refractivity contribution is 6.09. The maximum Gasteiger partial charge on any atom is 0.406 e. The van der Waals surface area contributed by atoms with E-state index in [1.807, 2.05) is 0 Å². The Balaban J connectivity index is 1.94. The summed E-state index contributed by atoms with van der Waals surface area (Å²) in [6.07, 6.45) is -4.48. The average Bonchev–Trinajstić information content (AvgIpc) is 2.58. The lowest BCUT2D eigenvalue weighted by Gasteiger charge is -2.19. The molecule has 2 aromatic carbocycles. The first-order chi connectivity index (χ1) is 12.2. The zero-order chi connectivity index (χ0) is 19.3. The second-order valence-electron chi connectivity index (χ2n) is 5.51. The van der Waals surface area contributed by atoms with Crippen LogP contribution in [0.3, 0.4) is 0 Å². The minimum atomic E-state index is -4.48. The van der Waals surface area contributed by atoms with Crippen molar-refractivity contribution in [3.63, 3.8) is 0 Å². The van der Waals surface area contributed by atoms with Gasteiger partial charge in [0.15, 0.2) is 12.4 Å². The van der Waals surface area contributed by atoms with Crippen LogP contribution in [-0.4, -0.2) is 43.0 Å². The predicted octanol–water partition coefficient (Wildman–Crippen LogP) is 3.46. The first kappa shape index (κ1) is 19.4. The second-order valence-corrected chi connectivity index (χ2v) is 5.51. The summed E-state index contributed by atoms with van der Waals surface area (Å²) in [5.74, 6) is -1.37. The first-order valence-corrected chi connectivity index (χ1v) is 7.49. The van der Waals surface area contributed by atoms with Crippen molar-refractivity contribution in [2.24, 2.45) is 0 Å². The van der Waals surface area contributed by atoms with Crippen molar-refractivity contribution in [1.29, 1.82) is 0 Å². The molecule has 26 heavy (non-hydrogen) atoms. The molecule has 8 heteroatoms. The van der Waals surface area contributed by atoms with Gasteiger partial charge in [-0.05, 0) is 48.5 Å². The molecule has 0 saturated carbocycles. The van der Waals surface area contributed by atoms with Crippen LogP contribution in [-0.2, 0) is 4.79 Å². The van der Waals surface area contributed by atoms with E-state index in [-0.39, 0.29) is 11.5 Å². The quantitative estimate of drug-likeness (QED) is 0.579. The van der Waals surface area contributed by atoms with Gasteiger partial charge in [0.1, 0.15) is 18.1 Å². The monoisotopic (exact) mass is 369 g/mol. The highest BCUT2D eigenvalue weighted by Crippen LogP contribution is 2.17. The molecule has 0 aliphatic rings. The Kier molecular flexibility index (Phi) is 5.97. The van der Waals surface area contributed by atoms with Gasteiger partial charge >= 0.3 is 6.18 Å². The molecule has 0 aliphatic carbocycles. The third-order valence-corrected chi connectivity index (χ3v) is 3.43. The average molecular weight is 369 g/mol. The van der Waals surface area contributed by atoms with Crippen LogP contribution in [0.1, 0.15) is 15.9 Å². The zero-order valence-corrected chi connectivity index (χ0v) is 13.7. The van der Waals surface area contributed by atoms with Crippen LogP contribution in [0, 0.1) is 5.82 Å². The molecule has 0 atom stereocenters. The van der Waals surface area contributed by atoms with Gasteiger partial charge < -0.3 is 9.64 Å². The van der Waals surface area contributed by atoms with Gasteiger partial charge in [0, 0.05) is 18.2 Å². The van der Waals surface area contributed by atoms with E-state index in [9.17, 15) is 27.2 Å². The van der Waals surface area contributed by atoms with Crippen molar-refractivity contribution in [2.45, 2.75) is 6.18 Å². The number of benzene rings is 2.